The van der Waals surface area contributed by atoms with Crippen molar-refractivity contribution in [3.05, 3.63) is 20.2 Å². The summed E-state index contributed by atoms with van der Waals surface area (Å²) in [6, 6.07) is 0. The van der Waals surface area contributed by atoms with Gasteiger partial charge >= 0.3 is 0 Å². The summed E-state index contributed by atoms with van der Waals surface area (Å²) in [7, 11) is 11.8. The van der Waals surface area contributed by atoms with Crippen molar-refractivity contribution in [1.82, 2.24) is 31.9 Å². The highest BCUT2D eigenvalue weighted by molar-refractivity contribution is 4.82. The minimum atomic E-state index is -0.863. The van der Waals surface area contributed by atoms with Gasteiger partial charge in [-0.3, -0.25) is 20.2 Å². The van der Waals surface area contributed by atoms with Crippen molar-refractivity contribution in [1.29, 1.82) is 0 Å². The summed E-state index contributed by atoms with van der Waals surface area (Å²) in [5, 5.41) is 41.7. The maximum absolute atomic E-state index is 11.5. The quantitative estimate of drug-likeness (QED) is 0.0236. The van der Waals surface area contributed by atoms with Crippen molar-refractivity contribution >= 4 is 0 Å². The predicted octanol–water partition coefficient (Wildman–Crippen LogP) is 3.64. The molecule has 64 heavy (non-hydrogen) atoms. The molecule has 0 rings (SSSR count). The molecule has 0 fully saturated rings. The molecule has 18 nitrogen and oxygen atoms in total. The van der Waals surface area contributed by atoms with Crippen LogP contribution in [0.4, 0.5) is 0 Å². The average Bonchev–Trinajstić information content (AvgIpc) is 3.29. The molecule has 388 valence electrons. The van der Waals surface area contributed by atoms with Crippen LogP contribution in [0.5, 0.6) is 0 Å². The molecule has 0 amide bonds. The molecular formula is C46H110N14O4. The molecule has 18 heteroatoms. The number of hydrogen-bond acceptors (Lipinski definition) is 16. The predicted molar refractivity (Wildman–Crippen MR) is 275 cm³/mol. The molecule has 0 saturated heterocycles. The first kappa shape index (κ1) is 68.9. The standard InChI is InChI=1S/C13H30N4O2.C13H31N3.C10H24N4O2.C10H25N3/c1-14-10-4-7-13(17(18)19,8-5-11-15-2)9-6-12-16-3;1-14-10-4-7-13(8-5-11-15-2)9-6-12-16-3;11-7-1-4-10(14(15)16,5-2-8-12)6-3-9-13;11-7-1-4-10(5-2-8-12)6-3-9-13/h14-16H,4-12H2,1-3H3;13-16H,4-12H2,1-3H3;1-9,11-13H2;10H,1-9,11-13H2. The van der Waals surface area contributed by atoms with Gasteiger partial charge in [-0.15, -0.1) is 0 Å². The molecule has 0 radical (unpaired) electrons. The lowest BCUT2D eigenvalue weighted by Crippen LogP contribution is -2.40. The third-order valence-electron chi connectivity index (χ3n) is 12.1. The van der Waals surface area contributed by atoms with E-state index in [4.69, 9.17) is 34.4 Å². The van der Waals surface area contributed by atoms with Gasteiger partial charge in [-0.05, 0) is 248 Å². The van der Waals surface area contributed by atoms with Crippen molar-refractivity contribution in [3.63, 3.8) is 0 Å². The normalized spacial score (nSPS) is 11.5. The molecule has 0 heterocycles. The van der Waals surface area contributed by atoms with Gasteiger partial charge in [0.05, 0.1) is 0 Å². The van der Waals surface area contributed by atoms with Gasteiger partial charge in [0.2, 0.25) is 11.1 Å². The zero-order valence-corrected chi connectivity index (χ0v) is 42.6. The third-order valence-corrected chi connectivity index (χ3v) is 12.1. The van der Waals surface area contributed by atoms with Gasteiger partial charge in [-0.2, -0.15) is 0 Å². The first-order valence-electron chi connectivity index (χ1n) is 25.3. The second kappa shape index (κ2) is 53.9. The average molecular weight is 923 g/mol. The number of nitrogens with one attached hydrogen (secondary N) is 6. The van der Waals surface area contributed by atoms with Crippen LogP contribution in [0.1, 0.15) is 154 Å². The number of hydrogen-bond donors (Lipinski definition) is 12. The Morgan fingerprint density at radius 3 is 0.719 bits per heavy atom. The summed E-state index contributed by atoms with van der Waals surface area (Å²) >= 11 is 0. The first-order chi connectivity index (χ1) is 30.9. The second-order valence-corrected chi connectivity index (χ2v) is 17.5. The molecule has 0 bridgehead atoms. The van der Waals surface area contributed by atoms with Crippen molar-refractivity contribution in [2.75, 3.05) is 121 Å². The molecule has 18 N–H and O–H groups in total. The Morgan fingerprint density at radius 1 is 0.344 bits per heavy atom. The van der Waals surface area contributed by atoms with Gasteiger partial charge in [0, 0.05) is 48.4 Å². The van der Waals surface area contributed by atoms with E-state index in [0.717, 1.165) is 109 Å². The molecule has 0 spiro atoms. The topological polar surface area (TPSA) is 315 Å². The van der Waals surface area contributed by atoms with Crippen LogP contribution in [-0.2, 0) is 0 Å². The monoisotopic (exact) mass is 923 g/mol. The van der Waals surface area contributed by atoms with E-state index in [2.05, 4.69) is 31.9 Å². The molecule has 0 aromatic heterocycles. The van der Waals surface area contributed by atoms with Crippen molar-refractivity contribution in [2.45, 2.75) is 165 Å². The molecular weight excluding hydrogens is 813 g/mol. The van der Waals surface area contributed by atoms with Gasteiger partial charge in [0.25, 0.3) is 0 Å². The third kappa shape index (κ3) is 42.9. The lowest BCUT2D eigenvalue weighted by molar-refractivity contribution is -0.574. The highest BCUT2D eigenvalue weighted by atomic mass is 16.6. The van der Waals surface area contributed by atoms with Gasteiger partial charge in [0.15, 0.2) is 0 Å². The summed E-state index contributed by atoms with van der Waals surface area (Å²) in [5.41, 5.74) is 31.1. The highest BCUT2D eigenvalue weighted by Crippen LogP contribution is 2.30. The lowest BCUT2D eigenvalue weighted by atomic mass is 9.84. The van der Waals surface area contributed by atoms with E-state index in [1.54, 1.807) is 0 Å². The summed E-state index contributed by atoms with van der Waals surface area (Å²) in [4.78, 5) is 22.6. The van der Waals surface area contributed by atoms with Gasteiger partial charge in [-0.1, -0.05) is 0 Å². The van der Waals surface area contributed by atoms with Gasteiger partial charge in [-0.25, -0.2) is 0 Å². The molecule has 0 aliphatic carbocycles. The molecule has 0 aliphatic heterocycles. The van der Waals surface area contributed by atoms with E-state index < -0.39 is 11.1 Å². The van der Waals surface area contributed by atoms with E-state index in [9.17, 15) is 20.2 Å². The van der Waals surface area contributed by atoms with Gasteiger partial charge < -0.3 is 66.3 Å². The minimum Gasteiger partial charge on any atom is -0.330 e. The summed E-state index contributed by atoms with van der Waals surface area (Å²) in [6.45, 7) is 9.89. The molecule has 0 aromatic carbocycles. The summed E-state index contributed by atoms with van der Waals surface area (Å²) in [6.07, 6.45) is 23.4. The Labute approximate surface area is 393 Å². The number of rotatable bonds is 44. The Kier molecular flexibility index (Phi) is 58.1. The van der Waals surface area contributed by atoms with Crippen LogP contribution in [-0.4, -0.2) is 142 Å². The Morgan fingerprint density at radius 2 is 0.531 bits per heavy atom. The molecule has 0 aromatic rings. The molecule has 0 unspecified atom stereocenters. The van der Waals surface area contributed by atoms with Crippen molar-refractivity contribution in [3.8, 4) is 0 Å². The largest absolute Gasteiger partial charge is 0.330 e. The van der Waals surface area contributed by atoms with Crippen LogP contribution in [0, 0.1) is 32.1 Å². The number of nitrogens with zero attached hydrogens (tertiary/aromatic N) is 2. The molecule has 0 atom stereocenters. The maximum Gasteiger partial charge on any atom is 0.222 e. The van der Waals surface area contributed by atoms with E-state index in [1.807, 2.05) is 42.3 Å². The van der Waals surface area contributed by atoms with E-state index in [0.29, 0.717) is 77.4 Å². The smallest absolute Gasteiger partial charge is 0.222 e. The first-order valence-corrected chi connectivity index (χ1v) is 25.3. The minimum absolute atomic E-state index is 0.0337. The van der Waals surface area contributed by atoms with Crippen molar-refractivity contribution in [2.24, 2.45) is 46.2 Å². The number of nitrogens with two attached hydrogens (primary N) is 6. The fraction of sp³-hybridized carbons (Fsp3) is 1.00. The SMILES string of the molecule is CNCCCC(CCCNC)(CCCNC)[N+](=O)[O-].CNCCCC(CCCNC)CCCNC.NCCCC(CCCN)(CCCN)[N+](=O)[O-].NCCCC(CCCN)CCCN. The van der Waals surface area contributed by atoms with Crippen LogP contribution in [0.25, 0.3) is 0 Å². The maximum atomic E-state index is 11.5. The van der Waals surface area contributed by atoms with E-state index in [1.165, 1.54) is 57.8 Å². The fourth-order valence-corrected chi connectivity index (χ4v) is 8.16. The highest BCUT2D eigenvalue weighted by Gasteiger charge is 2.41. The van der Waals surface area contributed by atoms with Crippen LogP contribution < -0.4 is 66.3 Å². The van der Waals surface area contributed by atoms with Gasteiger partial charge in [0.1, 0.15) is 0 Å². The molecule has 0 saturated carbocycles. The second-order valence-electron chi connectivity index (χ2n) is 17.5. The summed E-state index contributed by atoms with van der Waals surface area (Å²) < 4.78 is 0. The fourth-order valence-electron chi connectivity index (χ4n) is 8.16. The Hall–Kier alpha value is -1.68. The number of nitro groups is 2. The van der Waals surface area contributed by atoms with Crippen molar-refractivity contribution < 1.29 is 9.85 Å². The Balaban J connectivity index is -0.000000378. The summed E-state index contributed by atoms with van der Waals surface area (Å²) in [5.74, 6) is 1.73. The van der Waals surface area contributed by atoms with E-state index >= 15 is 0 Å². The zero-order chi connectivity index (χ0) is 49.0. The van der Waals surface area contributed by atoms with Crippen LogP contribution >= 0.6 is 0 Å². The van der Waals surface area contributed by atoms with E-state index in [-0.39, 0.29) is 9.85 Å². The van der Waals surface area contributed by atoms with Crippen LogP contribution in [0.3, 0.4) is 0 Å². The van der Waals surface area contributed by atoms with Crippen LogP contribution in [0.15, 0.2) is 0 Å². The Bertz CT molecular complexity index is 854. The molecule has 0 aliphatic rings. The van der Waals surface area contributed by atoms with Crippen LogP contribution in [0.2, 0.25) is 0 Å². The lowest BCUT2D eigenvalue weighted by Gasteiger charge is -2.25. The zero-order valence-electron chi connectivity index (χ0n) is 42.6.